The van der Waals surface area contributed by atoms with Crippen LogP contribution in [0.1, 0.15) is 54.4 Å². The molecule has 0 saturated carbocycles. The van der Waals surface area contributed by atoms with Gasteiger partial charge in [0.15, 0.2) is 5.78 Å². The number of rotatable bonds is 2. The van der Waals surface area contributed by atoms with Gasteiger partial charge in [-0.15, -0.1) is 0 Å². The Morgan fingerprint density at radius 3 is 2.12 bits per heavy atom. The zero-order valence-electron chi connectivity index (χ0n) is 12.1. The van der Waals surface area contributed by atoms with E-state index in [1.165, 1.54) is 5.75 Å². The van der Waals surface area contributed by atoms with Crippen molar-refractivity contribution in [2.75, 3.05) is 11.5 Å². The van der Waals surface area contributed by atoms with E-state index in [4.69, 9.17) is 0 Å². The summed E-state index contributed by atoms with van der Waals surface area (Å²) in [7, 11) is 0. The van der Waals surface area contributed by atoms with Crippen molar-refractivity contribution in [3.8, 4) is 0 Å². The lowest BCUT2D eigenvalue weighted by Crippen LogP contribution is -2.64. The quantitative estimate of drug-likeness (QED) is 0.823. The molecule has 1 saturated heterocycles. The van der Waals surface area contributed by atoms with Crippen molar-refractivity contribution in [1.29, 1.82) is 0 Å². The maximum Gasteiger partial charge on any atom is 0.159 e. The summed E-state index contributed by atoms with van der Waals surface area (Å²) in [5, 5.41) is 3.61. The Hall–Kier alpha value is -0.0200. The van der Waals surface area contributed by atoms with Gasteiger partial charge in [0, 0.05) is 16.7 Å². The van der Waals surface area contributed by atoms with Gasteiger partial charge in [-0.05, 0) is 39.4 Å². The smallest absolute Gasteiger partial charge is 0.159 e. The van der Waals surface area contributed by atoms with Gasteiger partial charge in [-0.25, -0.2) is 0 Å². The third-order valence-electron chi connectivity index (χ3n) is 2.97. The lowest BCUT2D eigenvalue weighted by Gasteiger charge is -2.44. The van der Waals surface area contributed by atoms with Crippen LogP contribution in [0, 0.1) is 5.41 Å². The van der Waals surface area contributed by atoms with Crippen molar-refractivity contribution in [2.45, 2.75) is 65.5 Å². The molecule has 0 aromatic heterocycles. The minimum absolute atomic E-state index is 0.0151. The van der Waals surface area contributed by atoms with Gasteiger partial charge >= 0.3 is 0 Å². The molecule has 1 heterocycles. The molecule has 1 N–H and O–H groups in total. The van der Waals surface area contributed by atoms with E-state index >= 15 is 0 Å². The Bertz CT molecular complexity index is 280. The van der Waals surface area contributed by atoms with Crippen LogP contribution >= 0.6 is 11.8 Å². The zero-order chi connectivity index (χ0) is 13.3. The van der Waals surface area contributed by atoms with E-state index in [9.17, 15) is 4.79 Å². The first-order valence-corrected chi connectivity index (χ1v) is 7.64. The largest absolute Gasteiger partial charge is 0.299 e. The normalized spacial score (nSPS) is 26.9. The molecule has 100 valence electrons. The number of thioether (sulfide) groups is 1. The van der Waals surface area contributed by atoms with Crippen molar-refractivity contribution in [1.82, 2.24) is 5.32 Å². The topological polar surface area (TPSA) is 29.1 Å². The number of hydrogen-bond acceptors (Lipinski definition) is 3. The molecule has 17 heavy (non-hydrogen) atoms. The molecule has 2 nitrogen and oxygen atoms in total. The fourth-order valence-corrected chi connectivity index (χ4v) is 3.75. The summed E-state index contributed by atoms with van der Waals surface area (Å²) < 4.78 is 0. The lowest BCUT2D eigenvalue weighted by molar-refractivity contribution is -0.133. The summed E-state index contributed by atoms with van der Waals surface area (Å²) in [5.74, 6) is 2.47. The van der Waals surface area contributed by atoms with Crippen molar-refractivity contribution in [3.63, 3.8) is 0 Å². The number of ketones is 1. The van der Waals surface area contributed by atoms with E-state index in [-0.39, 0.29) is 16.5 Å². The number of hydrogen-bond donors (Lipinski definition) is 1. The fraction of sp³-hybridized carbons (Fsp3) is 0.929. The second-order valence-corrected chi connectivity index (χ2v) is 8.30. The summed E-state index contributed by atoms with van der Waals surface area (Å²) in [6.45, 7) is 12.5. The second kappa shape index (κ2) is 4.93. The van der Waals surface area contributed by atoms with Crippen molar-refractivity contribution >= 4 is 17.5 Å². The van der Waals surface area contributed by atoms with Gasteiger partial charge in [0.05, 0.1) is 5.54 Å². The van der Waals surface area contributed by atoms with Gasteiger partial charge in [0.1, 0.15) is 0 Å². The third kappa shape index (κ3) is 3.99. The van der Waals surface area contributed by atoms with Crippen LogP contribution in [-0.4, -0.2) is 28.4 Å². The minimum atomic E-state index is -0.320. The average Bonchev–Trinajstić information content (AvgIpc) is 2.14. The molecule has 0 aromatic carbocycles. The molecule has 1 fully saturated rings. The van der Waals surface area contributed by atoms with Gasteiger partial charge in [-0.2, -0.15) is 11.8 Å². The number of Topliss-reactive ketones (excluding diaryl/α,β-unsaturated/α-hetero) is 1. The monoisotopic (exact) mass is 257 g/mol. The Balaban J connectivity index is 2.97. The van der Waals surface area contributed by atoms with E-state index in [0.717, 1.165) is 18.6 Å². The Morgan fingerprint density at radius 2 is 1.76 bits per heavy atom. The second-order valence-electron chi connectivity index (χ2n) is 7.19. The molecular weight excluding hydrogens is 230 g/mol. The zero-order valence-corrected chi connectivity index (χ0v) is 13.0. The van der Waals surface area contributed by atoms with Gasteiger partial charge in [-0.1, -0.05) is 20.8 Å². The molecular formula is C14H27NOS. The Morgan fingerprint density at radius 1 is 1.18 bits per heavy atom. The highest BCUT2D eigenvalue weighted by molar-refractivity contribution is 7.99. The molecule has 1 aliphatic heterocycles. The maximum atomic E-state index is 12.7. The standard InChI is InChI=1S/C14H27NOS/c1-12(2,3)11(16)14(15-13(4,5)6)8-7-9-17-10-14/h15H,7-10H2,1-6H3. The van der Waals surface area contributed by atoms with E-state index in [0.29, 0.717) is 5.78 Å². The number of nitrogens with one attached hydrogen (secondary N) is 1. The van der Waals surface area contributed by atoms with Crippen LogP contribution in [0.2, 0.25) is 0 Å². The van der Waals surface area contributed by atoms with Crippen LogP contribution in [0.4, 0.5) is 0 Å². The highest BCUT2D eigenvalue weighted by atomic mass is 32.2. The van der Waals surface area contributed by atoms with Crippen LogP contribution < -0.4 is 5.32 Å². The molecule has 0 spiro atoms. The molecule has 0 bridgehead atoms. The maximum absolute atomic E-state index is 12.7. The predicted octanol–water partition coefficient (Wildman–Crippen LogP) is 3.26. The molecule has 3 heteroatoms. The van der Waals surface area contributed by atoms with Crippen LogP contribution in [0.5, 0.6) is 0 Å². The lowest BCUT2D eigenvalue weighted by atomic mass is 9.75. The SMILES string of the molecule is CC(C)(C)NC1(C(=O)C(C)(C)C)CCCSC1. The van der Waals surface area contributed by atoms with Crippen molar-refractivity contribution in [3.05, 3.63) is 0 Å². The van der Waals surface area contributed by atoms with Crippen LogP contribution in [0.3, 0.4) is 0 Å². The molecule has 1 atom stereocenters. The van der Waals surface area contributed by atoms with Gasteiger partial charge < -0.3 is 0 Å². The highest BCUT2D eigenvalue weighted by Crippen LogP contribution is 2.35. The summed E-state index contributed by atoms with van der Waals surface area (Å²) in [4.78, 5) is 12.7. The molecule has 0 aliphatic carbocycles. The minimum Gasteiger partial charge on any atom is -0.299 e. The molecule has 0 amide bonds. The highest BCUT2D eigenvalue weighted by Gasteiger charge is 2.46. The fourth-order valence-electron chi connectivity index (χ4n) is 2.56. The van der Waals surface area contributed by atoms with Gasteiger partial charge in [0.2, 0.25) is 0 Å². The van der Waals surface area contributed by atoms with Crippen LogP contribution in [0.25, 0.3) is 0 Å². The van der Waals surface area contributed by atoms with Gasteiger partial charge in [-0.3, -0.25) is 10.1 Å². The number of carbonyl (C=O) groups excluding carboxylic acids is 1. The molecule has 1 rings (SSSR count). The summed E-state index contributed by atoms with van der Waals surface area (Å²) in [6.07, 6.45) is 2.11. The first-order valence-electron chi connectivity index (χ1n) is 6.49. The third-order valence-corrected chi connectivity index (χ3v) is 4.25. The summed E-state index contributed by atoms with van der Waals surface area (Å²) >= 11 is 1.90. The van der Waals surface area contributed by atoms with Crippen molar-refractivity contribution < 1.29 is 4.79 Å². The van der Waals surface area contributed by atoms with E-state index in [2.05, 4.69) is 26.1 Å². The summed E-state index contributed by atoms with van der Waals surface area (Å²) in [6, 6.07) is 0. The first-order chi connectivity index (χ1) is 7.57. The van der Waals surface area contributed by atoms with Crippen LogP contribution in [-0.2, 0) is 4.79 Å². The van der Waals surface area contributed by atoms with Crippen molar-refractivity contribution in [2.24, 2.45) is 5.41 Å². The summed E-state index contributed by atoms with van der Waals surface area (Å²) in [5.41, 5.74) is -0.603. The van der Waals surface area contributed by atoms with E-state index in [1.54, 1.807) is 0 Å². The number of carbonyl (C=O) groups is 1. The van der Waals surface area contributed by atoms with Crippen LogP contribution in [0.15, 0.2) is 0 Å². The Labute approximate surface area is 110 Å². The molecule has 1 aliphatic rings. The van der Waals surface area contributed by atoms with E-state index in [1.807, 2.05) is 32.5 Å². The average molecular weight is 257 g/mol. The first kappa shape index (κ1) is 15.0. The van der Waals surface area contributed by atoms with E-state index < -0.39 is 0 Å². The van der Waals surface area contributed by atoms with Gasteiger partial charge in [0.25, 0.3) is 0 Å². The molecule has 0 aromatic rings. The molecule has 1 unspecified atom stereocenters. The predicted molar refractivity (Wildman–Crippen MR) is 76.6 cm³/mol. The Kier molecular flexibility index (Phi) is 4.36. The molecule has 0 radical (unpaired) electrons.